The monoisotopic (exact) mass is 420 g/mol. The molecule has 0 radical (unpaired) electrons. The summed E-state index contributed by atoms with van der Waals surface area (Å²) in [7, 11) is 3.44. The highest BCUT2D eigenvalue weighted by molar-refractivity contribution is 6.40. The van der Waals surface area contributed by atoms with Crippen LogP contribution in [0, 0.1) is 0 Å². The Balaban J connectivity index is 1.66. The van der Waals surface area contributed by atoms with Gasteiger partial charge in [0.2, 0.25) is 0 Å². The van der Waals surface area contributed by atoms with Crippen molar-refractivity contribution in [2.24, 2.45) is 7.05 Å². The Morgan fingerprint density at radius 2 is 2.00 bits per heavy atom. The first-order chi connectivity index (χ1) is 14.0. The molecular formula is C20H25ClN4O4. The minimum absolute atomic E-state index is 0.0589. The van der Waals surface area contributed by atoms with Gasteiger partial charge in [-0.15, -0.1) is 0 Å². The molecule has 1 aromatic heterocycles. The van der Waals surface area contributed by atoms with E-state index < -0.39 is 11.8 Å². The minimum Gasteiger partial charge on any atom is -0.495 e. The molecule has 156 valence electrons. The van der Waals surface area contributed by atoms with Crippen LogP contribution in [0.1, 0.15) is 11.7 Å². The Kier molecular flexibility index (Phi) is 7.13. The third-order valence-corrected chi connectivity index (χ3v) is 5.12. The molecule has 0 spiro atoms. The van der Waals surface area contributed by atoms with Crippen molar-refractivity contribution in [2.45, 2.75) is 6.04 Å². The molecule has 2 heterocycles. The normalized spacial score (nSPS) is 15.6. The van der Waals surface area contributed by atoms with Crippen molar-refractivity contribution in [1.29, 1.82) is 0 Å². The van der Waals surface area contributed by atoms with Gasteiger partial charge in [0.25, 0.3) is 0 Å². The summed E-state index contributed by atoms with van der Waals surface area (Å²) >= 11 is 5.97. The highest BCUT2D eigenvalue weighted by Crippen LogP contribution is 2.27. The Labute approximate surface area is 174 Å². The highest BCUT2D eigenvalue weighted by Gasteiger charge is 2.26. The lowest BCUT2D eigenvalue weighted by atomic mass is 10.1. The average Bonchev–Trinajstić information content (AvgIpc) is 3.14. The van der Waals surface area contributed by atoms with E-state index in [1.807, 2.05) is 29.9 Å². The number of carbonyl (C=O) groups is 2. The summed E-state index contributed by atoms with van der Waals surface area (Å²) < 4.78 is 12.6. The van der Waals surface area contributed by atoms with E-state index in [1.54, 1.807) is 12.1 Å². The van der Waals surface area contributed by atoms with Crippen LogP contribution in [0.3, 0.4) is 0 Å². The number of halogens is 1. The van der Waals surface area contributed by atoms with Crippen LogP contribution in [0.2, 0.25) is 5.02 Å². The van der Waals surface area contributed by atoms with E-state index in [9.17, 15) is 9.59 Å². The van der Waals surface area contributed by atoms with Crippen molar-refractivity contribution < 1.29 is 19.1 Å². The predicted octanol–water partition coefficient (Wildman–Crippen LogP) is 1.82. The fraction of sp³-hybridized carbons (Fsp3) is 0.400. The summed E-state index contributed by atoms with van der Waals surface area (Å²) in [6.45, 7) is 3.11. The zero-order valence-corrected chi connectivity index (χ0v) is 17.2. The summed E-state index contributed by atoms with van der Waals surface area (Å²) in [4.78, 5) is 27.0. The van der Waals surface area contributed by atoms with Crippen molar-refractivity contribution in [3.63, 3.8) is 0 Å². The first-order valence-corrected chi connectivity index (χ1v) is 9.73. The number of nitrogens with one attached hydrogen (secondary N) is 2. The Hall–Kier alpha value is -2.55. The lowest BCUT2D eigenvalue weighted by Gasteiger charge is -2.34. The number of aromatic nitrogens is 1. The van der Waals surface area contributed by atoms with Crippen molar-refractivity contribution >= 4 is 29.1 Å². The van der Waals surface area contributed by atoms with Gasteiger partial charge >= 0.3 is 11.8 Å². The van der Waals surface area contributed by atoms with Crippen molar-refractivity contribution in [3.8, 4) is 5.75 Å². The Bertz CT molecular complexity index is 864. The van der Waals surface area contributed by atoms with Crippen LogP contribution in [0.15, 0.2) is 36.5 Å². The summed E-state index contributed by atoms with van der Waals surface area (Å²) in [6.07, 6.45) is 1.96. The molecule has 1 unspecified atom stereocenters. The van der Waals surface area contributed by atoms with Gasteiger partial charge in [-0.3, -0.25) is 14.5 Å². The maximum atomic E-state index is 12.4. The molecule has 8 nitrogen and oxygen atoms in total. The maximum absolute atomic E-state index is 12.4. The quantitative estimate of drug-likeness (QED) is 0.696. The van der Waals surface area contributed by atoms with Gasteiger partial charge in [0.15, 0.2) is 0 Å². The van der Waals surface area contributed by atoms with E-state index in [0.717, 1.165) is 18.8 Å². The molecule has 3 rings (SSSR count). The van der Waals surface area contributed by atoms with Gasteiger partial charge in [0, 0.05) is 43.6 Å². The fourth-order valence-corrected chi connectivity index (χ4v) is 3.53. The van der Waals surface area contributed by atoms with Crippen LogP contribution in [-0.2, 0) is 21.4 Å². The molecule has 0 bridgehead atoms. The van der Waals surface area contributed by atoms with Gasteiger partial charge in [0.1, 0.15) is 5.75 Å². The summed E-state index contributed by atoms with van der Waals surface area (Å²) in [5.74, 6) is -1.08. The number of aryl methyl sites for hydroxylation is 1. The molecule has 2 aromatic rings. The number of ether oxygens (including phenoxy) is 2. The molecule has 1 aliphatic rings. The number of morpholine rings is 1. The lowest BCUT2D eigenvalue weighted by Crippen LogP contribution is -2.46. The van der Waals surface area contributed by atoms with Gasteiger partial charge in [-0.05, 0) is 30.3 Å². The summed E-state index contributed by atoms with van der Waals surface area (Å²) in [5, 5.41) is 5.73. The lowest BCUT2D eigenvalue weighted by molar-refractivity contribution is -0.136. The van der Waals surface area contributed by atoms with E-state index in [4.69, 9.17) is 21.1 Å². The smallest absolute Gasteiger partial charge is 0.313 e. The zero-order chi connectivity index (χ0) is 20.8. The summed E-state index contributed by atoms with van der Waals surface area (Å²) in [5.41, 5.74) is 1.40. The number of carbonyl (C=O) groups excluding carboxylic acids is 2. The number of nitrogens with zero attached hydrogens (tertiary/aromatic N) is 2. The van der Waals surface area contributed by atoms with Gasteiger partial charge in [-0.25, -0.2) is 0 Å². The fourth-order valence-electron chi connectivity index (χ4n) is 3.36. The van der Waals surface area contributed by atoms with Gasteiger partial charge < -0.3 is 24.7 Å². The minimum atomic E-state index is -0.779. The standard InChI is InChI=1S/C20H25ClN4O4/c1-24-7-3-4-16(24)17(25-8-10-29-11-9-25)13-22-19(26)20(27)23-15-12-14(21)5-6-18(15)28-2/h3-7,12,17H,8-11,13H2,1-2H3,(H,22,26)(H,23,27). The Morgan fingerprint density at radius 1 is 1.24 bits per heavy atom. The van der Waals surface area contributed by atoms with Crippen LogP contribution < -0.4 is 15.4 Å². The van der Waals surface area contributed by atoms with E-state index in [0.29, 0.717) is 36.2 Å². The van der Waals surface area contributed by atoms with Crippen LogP contribution in [0.5, 0.6) is 5.75 Å². The molecule has 9 heteroatoms. The summed E-state index contributed by atoms with van der Waals surface area (Å²) in [6, 6.07) is 8.72. The van der Waals surface area contributed by atoms with Crippen LogP contribution >= 0.6 is 11.6 Å². The van der Waals surface area contributed by atoms with E-state index in [-0.39, 0.29) is 6.04 Å². The number of methoxy groups -OCH3 is 1. The molecule has 1 fully saturated rings. The van der Waals surface area contributed by atoms with E-state index in [2.05, 4.69) is 15.5 Å². The number of amides is 2. The van der Waals surface area contributed by atoms with E-state index >= 15 is 0 Å². The molecule has 0 aliphatic carbocycles. The van der Waals surface area contributed by atoms with Crippen molar-refractivity contribution in [3.05, 3.63) is 47.2 Å². The molecule has 1 aromatic carbocycles. The molecule has 0 saturated carbocycles. The number of hydrogen-bond acceptors (Lipinski definition) is 5. The number of benzene rings is 1. The average molecular weight is 421 g/mol. The largest absolute Gasteiger partial charge is 0.495 e. The van der Waals surface area contributed by atoms with Gasteiger partial charge in [0.05, 0.1) is 32.1 Å². The molecule has 2 amide bonds. The Morgan fingerprint density at radius 3 is 2.66 bits per heavy atom. The topological polar surface area (TPSA) is 84.8 Å². The number of anilines is 1. The van der Waals surface area contributed by atoms with Gasteiger partial charge in [-0.2, -0.15) is 0 Å². The third kappa shape index (κ3) is 5.29. The van der Waals surface area contributed by atoms with Crippen LogP contribution in [0.4, 0.5) is 5.69 Å². The molecular weight excluding hydrogens is 396 g/mol. The van der Waals surface area contributed by atoms with Gasteiger partial charge in [-0.1, -0.05) is 11.6 Å². The maximum Gasteiger partial charge on any atom is 0.313 e. The predicted molar refractivity (Wildman–Crippen MR) is 110 cm³/mol. The number of hydrogen-bond donors (Lipinski definition) is 2. The molecule has 29 heavy (non-hydrogen) atoms. The molecule has 1 atom stereocenters. The second kappa shape index (κ2) is 9.78. The van der Waals surface area contributed by atoms with Crippen LogP contribution in [0.25, 0.3) is 0 Å². The first kappa shape index (κ1) is 21.2. The van der Waals surface area contributed by atoms with Crippen molar-refractivity contribution in [1.82, 2.24) is 14.8 Å². The third-order valence-electron chi connectivity index (χ3n) is 4.88. The van der Waals surface area contributed by atoms with Crippen LogP contribution in [-0.4, -0.2) is 61.2 Å². The second-order valence-corrected chi connectivity index (χ2v) is 7.15. The SMILES string of the molecule is COc1ccc(Cl)cc1NC(=O)C(=O)NCC(c1cccn1C)N1CCOCC1. The molecule has 2 N–H and O–H groups in total. The van der Waals surface area contributed by atoms with E-state index in [1.165, 1.54) is 13.2 Å². The first-order valence-electron chi connectivity index (χ1n) is 9.35. The molecule has 1 aliphatic heterocycles. The molecule has 1 saturated heterocycles. The number of rotatable bonds is 6. The second-order valence-electron chi connectivity index (χ2n) is 6.72. The zero-order valence-electron chi connectivity index (χ0n) is 16.5. The highest BCUT2D eigenvalue weighted by atomic mass is 35.5. The van der Waals surface area contributed by atoms with Crippen molar-refractivity contribution in [2.75, 3.05) is 45.3 Å².